The van der Waals surface area contributed by atoms with Crippen LogP contribution in [-0.2, 0) is 4.74 Å². The van der Waals surface area contributed by atoms with E-state index in [0.29, 0.717) is 5.44 Å². The van der Waals surface area contributed by atoms with Crippen LogP contribution in [-0.4, -0.2) is 17.8 Å². The number of rotatable bonds is 1. The Morgan fingerprint density at radius 2 is 2.20 bits per heavy atom. The van der Waals surface area contributed by atoms with Crippen molar-refractivity contribution >= 4 is 11.8 Å². The van der Waals surface area contributed by atoms with Gasteiger partial charge in [-0.15, -0.1) is 11.8 Å². The smallest absolute Gasteiger partial charge is 0.0999 e. The molecule has 0 unspecified atom stereocenters. The third-order valence-electron chi connectivity index (χ3n) is 2.03. The van der Waals surface area contributed by atoms with E-state index in [-0.39, 0.29) is 0 Å². The van der Waals surface area contributed by atoms with Gasteiger partial charge in [0.25, 0.3) is 0 Å². The first-order valence-corrected chi connectivity index (χ1v) is 4.98. The lowest BCUT2D eigenvalue weighted by Gasteiger charge is -2.28. The lowest BCUT2D eigenvalue weighted by atomic mass is 9.99. The van der Waals surface area contributed by atoms with Crippen molar-refractivity contribution in [1.29, 1.82) is 0 Å². The molecular weight excluding hydrogens is 144 g/mol. The van der Waals surface area contributed by atoms with Gasteiger partial charge in [0.1, 0.15) is 0 Å². The van der Waals surface area contributed by atoms with E-state index in [1.54, 1.807) is 0 Å². The summed E-state index contributed by atoms with van der Waals surface area (Å²) >= 11 is 1.93. The molecule has 1 aliphatic heterocycles. The second-order valence-corrected chi connectivity index (χ2v) is 4.57. The first kappa shape index (κ1) is 8.41. The van der Waals surface area contributed by atoms with Gasteiger partial charge in [-0.25, -0.2) is 0 Å². The van der Waals surface area contributed by atoms with E-state index in [1.807, 2.05) is 11.8 Å². The SMILES string of the molecule is CC(C)[C@H]1CO[C@@H](C)SC1. The predicted molar refractivity (Wildman–Crippen MR) is 46.2 cm³/mol. The van der Waals surface area contributed by atoms with E-state index in [9.17, 15) is 0 Å². The highest BCUT2D eigenvalue weighted by atomic mass is 32.2. The van der Waals surface area contributed by atoms with Gasteiger partial charge in [0.15, 0.2) is 0 Å². The lowest BCUT2D eigenvalue weighted by molar-refractivity contribution is 0.0718. The average molecular weight is 160 g/mol. The Morgan fingerprint density at radius 3 is 2.60 bits per heavy atom. The molecule has 1 heterocycles. The molecule has 1 nitrogen and oxygen atoms in total. The van der Waals surface area contributed by atoms with Crippen molar-refractivity contribution in [3.63, 3.8) is 0 Å². The van der Waals surface area contributed by atoms with Crippen LogP contribution in [0.25, 0.3) is 0 Å². The summed E-state index contributed by atoms with van der Waals surface area (Å²) < 4.78 is 5.51. The summed E-state index contributed by atoms with van der Waals surface area (Å²) in [5.74, 6) is 2.83. The van der Waals surface area contributed by atoms with Gasteiger partial charge in [-0.2, -0.15) is 0 Å². The lowest BCUT2D eigenvalue weighted by Crippen LogP contribution is -2.26. The fourth-order valence-corrected chi connectivity index (χ4v) is 2.17. The summed E-state index contributed by atoms with van der Waals surface area (Å²) in [6.45, 7) is 7.63. The summed E-state index contributed by atoms with van der Waals surface area (Å²) in [5, 5.41) is 0. The minimum absolute atomic E-state index is 0.426. The van der Waals surface area contributed by atoms with E-state index < -0.39 is 0 Å². The topological polar surface area (TPSA) is 9.23 Å². The third-order valence-corrected chi connectivity index (χ3v) is 3.26. The Balaban J connectivity index is 2.26. The van der Waals surface area contributed by atoms with Gasteiger partial charge in [0.2, 0.25) is 0 Å². The predicted octanol–water partition coefficient (Wildman–Crippen LogP) is 2.37. The molecule has 1 saturated heterocycles. The molecule has 2 heteroatoms. The van der Waals surface area contributed by atoms with Crippen LogP contribution in [0.2, 0.25) is 0 Å². The molecule has 1 fully saturated rings. The van der Waals surface area contributed by atoms with Crippen LogP contribution >= 0.6 is 11.8 Å². The first-order chi connectivity index (χ1) is 4.70. The number of thioether (sulfide) groups is 1. The summed E-state index contributed by atoms with van der Waals surface area (Å²) in [7, 11) is 0. The van der Waals surface area contributed by atoms with Crippen LogP contribution in [0.3, 0.4) is 0 Å². The van der Waals surface area contributed by atoms with Crippen molar-refractivity contribution in [1.82, 2.24) is 0 Å². The summed E-state index contributed by atoms with van der Waals surface area (Å²) in [6.07, 6.45) is 0. The Hall–Kier alpha value is 0.310. The summed E-state index contributed by atoms with van der Waals surface area (Å²) in [6, 6.07) is 0. The fourth-order valence-electron chi connectivity index (χ4n) is 0.999. The molecule has 0 saturated carbocycles. The van der Waals surface area contributed by atoms with Gasteiger partial charge in [-0.05, 0) is 18.8 Å². The quantitative estimate of drug-likeness (QED) is 0.582. The highest BCUT2D eigenvalue weighted by Gasteiger charge is 2.21. The fraction of sp³-hybridized carbons (Fsp3) is 1.00. The molecule has 0 aromatic rings. The molecule has 0 aromatic heterocycles. The Bertz CT molecular complexity index is 95.4. The Morgan fingerprint density at radius 1 is 1.50 bits per heavy atom. The zero-order valence-corrected chi connectivity index (χ0v) is 7.78. The van der Waals surface area contributed by atoms with E-state index in [1.165, 1.54) is 5.75 Å². The van der Waals surface area contributed by atoms with Gasteiger partial charge < -0.3 is 4.74 Å². The maximum Gasteiger partial charge on any atom is 0.0999 e. The van der Waals surface area contributed by atoms with E-state index >= 15 is 0 Å². The zero-order chi connectivity index (χ0) is 7.56. The zero-order valence-electron chi connectivity index (χ0n) is 6.96. The summed E-state index contributed by atoms with van der Waals surface area (Å²) in [5.41, 5.74) is 0.426. The number of hydrogen-bond donors (Lipinski definition) is 0. The van der Waals surface area contributed by atoms with Crippen LogP contribution in [0.5, 0.6) is 0 Å². The number of hydrogen-bond acceptors (Lipinski definition) is 2. The van der Waals surface area contributed by atoms with Crippen molar-refractivity contribution in [3.05, 3.63) is 0 Å². The normalized spacial score (nSPS) is 34.8. The minimum atomic E-state index is 0.426. The van der Waals surface area contributed by atoms with Gasteiger partial charge in [0, 0.05) is 5.75 Å². The molecule has 1 rings (SSSR count). The standard InChI is InChI=1S/C8H16OS/c1-6(2)8-4-9-7(3)10-5-8/h6-8H,4-5H2,1-3H3/t7-,8+/m1/s1. The van der Waals surface area contributed by atoms with Gasteiger partial charge >= 0.3 is 0 Å². The molecule has 10 heavy (non-hydrogen) atoms. The van der Waals surface area contributed by atoms with Crippen LogP contribution in [0, 0.1) is 11.8 Å². The van der Waals surface area contributed by atoms with Crippen molar-refractivity contribution < 1.29 is 4.74 Å². The van der Waals surface area contributed by atoms with Crippen molar-refractivity contribution in [2.45, 2.75) is 26.2 Å². The molecule has 0 bridgehead atoms. The van der Waals surface area contributed by atoms with E-state index in [4.69, 9.17) is 4.74 Å². The van der Waals surface area contributed by atoms with Gasteiger partial charge in [-0.1, -0.05) is 13.8 Å². The van der Waals surface area contributed by atoms with Crippen molar-refractivity contribution in [3.8, 4) is 0 Å². The van der Waals surface area contributed by atoms with Crippen LogP contribution in [0.4, 0.5) is 0 Å². The third kappa shape index (κ3) is 2.17. The van der Waals surface area contributed by atoms with Crippen LogP contribution in [0.1, 0.15) is 20.8 Å². The molecule has 0 aliphatic carbocycles. The minimum Gasteiger partial charge on any atom is -0.368 e. The highest BCUT2D eigenvalue weighted by molar-refractivity contribution is 7.99. The highest BCUT2D eigenvalue weighted by Crippen LogP contribution is 2.27. The molecule has 2 atom stereocenters. The van der Waals surface area contributed by atoms with E-state index in [0.717, 1.165) is 18.4 Å². The molecule has 0 N–H and O–H groups in total. The molecule has 0 aromatic carbocycles. The number of ether oxygens (including phenoxy) is 1. The second kappa shape index (κ2) is 3.63. The van der Waals surface area contributed by atoms with Gasteiger partial charge in [-0.3, -0.25) is 0 Å². The van der Waals surface area contributed by atoms with Crippen molar-refractivity contribution in [2.75, 3.05) is 12.4 Å². The molecule has 1 aliphatic rings. The first-order valence-electron chi connectivity index (χ1n) is 3.93. The molecule has 0 radical (unpaired) electrons. The Labute approximate surface area is 67.5 Å². The van der Waals surface area contributed by atoms with Crippen LogP contribution < -0.4 is 0 Å². The van der Waals surface area contributed by atoms with E-state index in [2.05, 4.69) is 20.8 Å². The maximum absolute atomic E-state index is 5.51. The Kier molecular flexibility index (Phi) is 3.05. The maximum atomic E-state index is 5.51. The molecule has 0 spiro atoms. The monoisotopic (exact) mass is 160 g/mol. The summed E-state index contributed by atoms with van der Waals surface area (Å²) in [4.78, 5) is 0. The molecule has 0 amide bonds. The average Bonchev–Trinajstić information content (AvgIpc) is 1.88. The molecular formula is C8H16OS. The van der Waals surface area contributed by atoms with Crippen molar-refractivity contribution in [2.24, 2.45) is 11.8 Å². The van der Waals surface area contributed by atoms with Gasteiger partial charge in [0.05, 0.1) is 12.0 Å². The second-order valence-electron chi connectivity index (χ2n) is 3.24. The largest absolute Gasteiger partial charge is 0.368 e. The molecule has 60 valence electrons. The van der Waals surface area contributed by atoms with Crippen LogP contribution in [0.15, 0.2) is 0 Å².